The maximum absolute atomic E-state index is 12.7. The molecule has 4 aliphatic heterocycles. The minimum atomic E-state index is -1.06. The van der Waals surface area contributed by atoms with E-state index in [9.17, 15) is 20.4 Å². The number of halogens is 2. The third-order valence-electron chi connectivity index (χ3n) is 13.8. The van der Waals surface area contributed by atoms with Crippen molar-refractivity contribution >= 4 is 36.2 Å². The fraction of sp³-hybridized carbons (Fsp3) is 0.526. The Hall–Kier alpha value is -3.12. The fourth-order valence-electron chi connectivity index (χ4n) is 12.0. The highest BCUT2D eigenvalue weighted by atomic mass is 35.5. The van der Waals surface area contributed by atoms with Crippen LogP contribution in [0.15, 0.2) is 59.8 Å². The number of aliphatic hydroxyl groups is 2. The molecule has 8 aliphatic rings. The summed E-state index contributed by atoms with van der Waals surface area (Å²) in [6.45, 7) is 10.9. The lowest BCUT2D eigenvalue weighted by Crippen LogP contribution is -2.76. The molecule has 4 aliphatic carbocycles. The van der Waals surface area contributed by atoms with E-state index in [2.05, 4.69) is 23.0 Å². The number of aromatic hydroxyl groups is 2. The van der Waals surface area contributed by atoms with Gasteiger partial charge in [-0.05, 0) is 74.6 Å². The van der Waals surface area contributed by atoms with Crippen LogP contribution in [0.2, 0.25) is 0 Å². The van der Waals surface area contributed by atoms with E-state index in [1.807, 2.05) is 24.3 Å². The minimum absolute atomic E-state index is 0. The molecule has 2 aromatic carbocycles. The molecule has 8 atom stereocenters. The van der Waals surface area contributed by atoms with Crippen molar-refractivity contribution in [3.63, 3.8) is 0 Å². The third-order valence-corrected chi connectivity index (χ3v) is 13.8. The van der Waals surface area contributed by atoms with Crippen molar-refractivity contribution in [2.75, 3.05) is 26.2 Å². The van der Waals surface area contributed by atoms with Gasteiger partial charge in [0.1, 0.15) is 0 Å². The fourth-order valence-corrected chi connectivity index (χ4v) is 12.0. The Morgan fingerprint density at radius 1 is 0.700 bits per heavy atom. The van der Waals surface area contributed by atoms with E-state index < -0.39 is 34.2 Å². The number of likely N-dealkylation sites (tertiary alicyclic amines) is 2. The molecule has 4 heterocycles. The number of hydrogen-bond donors (Lipinski definition) is 4. The summed E-state index contributed by atoms with van der Waals surface area (Å²) in [5, 5.41) is 57.4. The number of ether oxygens (including phenoxy) is 2. The second-order valence-electron chi connectivity index (χ2n) is 15.4. The molecule has 0 unspecified atom stereocenters. The van der Waals surface area contributed by atoms with Gasteiger partial charge in [0, 0.05) is 49.4 Å². The first kappa shape index (κ1) is 34.0. The van der Waals surface area contributed by atoms with Gasteiger partial charge < -0.3 is 29.9 Å². The second-order valence-corrected chi connectivity index (χ2v) is 15.4. The van der Waals surface area contributed by atoms with Crippen molar-refractivity contribution in [2.45, 2.75) is 97.7 Å². The first-order valence-electron chi connectivity index (χ1n) is 17.5. The zero-order valence-electron chi connectivity index (χ0n) is 27.9. The number of phenolic OH excluding ortho intramolecular Hbond substituents is 2. The van der Waals surface area contributed by atoms with Crippen molar-refractivity contribution in [3.05, 3.63) is 71.8 Å². The Bertz CT molecular complexity index is 1750. The van der Waals surface area contributed by atoms with Gasteiger partial charge >= 0.3 is 0 Å². The Labute approximate surface area is 304 Å². The van der Waals surface area contributed by atoms with Gasteiger partial charge in [-0.1, -0.05) is 24.3 Å². The third kappa shape index (κ3) is 3.75. The van der Waals surface area contributed by atoms with Crippen molar-refractivity contribution < 1.29 is 29.9 Å². The van der Waals surface area contributed by atoms with Gasteiger partial charge in [0.25, 0.3) is 0 Å². The molecule has 266 valence electrons. The second kappa shape index (κ2) is 11.2. The average molecular weight is 724 g/mol. The van der Waals surface area contributed by atoms with Gasteiger partial charge in [-0.3, -0.25) is 9.80 Å². The van der Waals surface area contributed by atoms with Crippen molar-refractivity contribution in [1.29, 1.82) is 0 Å². The Morgan fingerprint density at radius 2 is 1.12 bits per heavy atom. The number of hydrogen-bond acceptors (Lipinski definition) is 10. The van der Waals surface area contributed by atoms with E-state index in [1.165, 1.54) is 0 Å². The molecule has 0 aromatic heterocycles. The summed E-state index contributed by atoms with van der Waals surface area (Å²) in [6.07, 6.45) is 7.42. The number of phenols is 2. The van der Waals surface area contributed by atoms with Crippen LogP contribution in [-0.4, -0.2) is 103 Å². The molecule has 2 aromatic rings. The SMILES string of the molecule is C=CCN1CC[C@]23c4c5ccc(O)c4O[C@H]2C(=NN=C2CC[C@@]4(O)[C@H]6Cc7ccc(O)c8c7[C@@]4(CCN6CC=C)[C@H]2O8)CC[C@@]3(O)[C@H]1C5.Cl.Cl. The molecule has 10 rings (SSSR count). The maximum Gasteiger partial charge on any atom is 0.166 e. The van der Waals surface area contributed by atoms with Crippen LogP contribution in [0, 0.1) is 0 Å². The molecule has 12 heteroatoms. The number of piperidine rings is 2. The van der Waals surface area contributed by atoms with Crippen LogP contribution >= 0.6 is 24.8 Å². The van der Waals surface area contributed by atoms with Crippen molar-refractivity contribution in [3.8, 4) is 23.0 Å². The van der Waals surface area contributed by atoms with E-state index in [1.54, 1.807) is 12.1 Å². The molecule has 2 spiro atoms. The smallest absolute Gasteiger partial charge is 0.166 e. The standard InChI is InChI=1S/C38H42N4O6.2ClH/c1-3-15-41-17-13-35-29-21-5-7-25(43)31(29)47-33(35)23(9-11-37(35,45)27(41)19-21)39-40-24-10-12-38(46)28-20-22-6-8-26(44)32-30(22)36(38,34(24)48-32)14-18-42(28)16-4-2;;/h3-8,27-28,33-34,43-46H,1-2,9-20H2;2*1H/t27-,28-,33+,34+,35+,36+,37-,38-;;/m1../s1. The Balaban J connectivity index is 0.00000180. The van der Waals surface area contributed by atoms with E-state index in [0.29, 0.717) is 76.0 Å². The molecule has 50 heavy (non-hydrogen) atoms. The highest BCUT2D eigenvalue weighted by Gasteiger charge is 2.74. The molecule has 4 fully saturated rings. The molecule has 2 saturated heterocycles. The summed E-state index contributed by atoms with van der Waals surface area (Å²) in [6, 6.07) is 7.18. The summed E-state index contributed by atoms with van der Waals surface area (Å²) >= 11 is 0. The molecular weight excluding hydrogens is 679 g/mol. The van der Waals surface area contributed by atoms with Gasteiger partial charge in [-0.15, -0.1) is 38.0 Å². The first-order chi connectivity index (χ1) is 23.2. The monoisotopic (exact) mass is 722 g/mol. The van der Waals surface area contributed by atoms with Gasteiger partial charge in [0.2, 0.25) is 0 Å². The number of rotatable bonds is 5. The van der Waals surface area contributed by atoms with Crippen LogP contribution in [-0.2, 0) is 23.7 Å². The molecule has 4 bridgehead atoms. The Kier molecular flexibility index (Phi) is 7.61. The van der Waals surface area contributed by atoms with Crippen LogP contribution in [0.4, 0.5) is 0 Å². The van der Waals surface area contributed by atoms with E-state index in [0.717, 1.165) is 46.8 Å². The highest BCUT2D eigenvalue weighted by molar-refractivity contribution is 5.98. The van der Waals surface area contributed by atoms with E-state index in [-0.39, 0.29) is 48.4 Å². The van der Waals surface area contributed by atoms with Gasteiger partial charge in [0.05, 0.1) is 33.5 Å². The zero-order chi connectivity index (χ0) is 32.8. The summed E-state index contributed by atoms with van der Waals surface area (Å²) < 4.78 is 13.3. The molecular formula is C38H44Cl2N4O6. The van der Waals surface area contributed by atoms with Crippen LogP contribution in [0.3, 0.4) is 0 Å². The Morgan fingerprint density at radius 3 is 1.52 bits per heavy atom. The zero-order valence-corrected chi connectivity index (χ0v) is 29.5. The van der Waals surface area contributed by atoms with Crippen LogP contribution in [0.5, 0.6) is 23.0 Å². The topological polar surface area (TPSA) is 131 Å². The average Bonchev–Trinajstić information content (AvgIpc) is 3.61. The lowest BCUT2D eigenvalue weighted by molar-refractivity contribution is -0.164. The van der Waals surface area contributed by atoms with Crippen molar-refractivity contribution in [2.24, 2.45) is 10.2 Å². The summed E-state index contributed by atoms with van der Waals surface area (Å²) in [5.41, 5.74) is 1.99. The van der Waals surface area contributed by atoms with Gasteiger partial charge in [0.15, 0.2) is 35.2 Å². The van der Waals surface area contributed by atoms with Crippen LogP contribution in [0.25, 0.3) is 0 Å². The quantitative estimate of drug-likeness (QED) is 0.268. The number of benzene rings is 2. The van der Waals surface area contributed by atoms with Crippen molar-refractivity contribution in [1.82, 2.24) is 9.80 Å². The highest BCUT2D eigenvalue weighted by Crippen LogP contribution is 2.66. The lowest BCUT2D eigenvalue weighted by Gasteiger charge is -2.63. The summed E-state index contributed by atoms with van der Waals surface area (Å²) in [7, 11) is 0. The lowest BCUT2D eigenvalue weighted by atomic mass is 9.48. The normalized spacial score (nSPS) is 39.7. The molecule has 2 saturated carbocycles. The largest absolute Gasteiger partial charge is 0.504 e. The predicted octanol–water partition coefficient (Wildman–Crippen LogP) is 4.12. The molecule has 0 amide bonds. The van der Waals surface area contributed by atoms with E-state index in [4.69, 9.17) is 19.7 Å². The number of nitrogens with zero attached hydrogens (tertiary/aromatic N) is 4. The summed E-state index contributed by atoms with van der Waals surface area (Å²) in [5.74, 6) is 1.11. The van der Waals surface area contributed by atoms with Gasteiger partial charge in [-0.2, -0.15) is 10.2 Å². The predicted molar refractivity (Wildman–Crippen MR) is 194 cm³/mol. The van der Waals surface area contributed by atoms with Crippen LogP contribution < -0.4 is 9.47 Å². The van der Waals surface area contributed by atoms with Crippen LogP contribution in [0.1, 0.15) is 60.8 Å². The summed E-state index contributed by atoms with van der Waals surface area (Å²) in [4.78, 5) is 4.68. The van der Waals surface area contributed by atoms with Gasteiger partial charge in [-0.25, -0.2) is 0 Å². The first-order valence-corrected chi connectivity index (χ1v) is 17.5. The minimum Gasteiger partial charge on any atom is -0.504 e. The van der Waals surface area contributed by atoms with E-state index >= 15 is 0 Å². The molecule has 0 radical (unpaired) electrons. The maximum atomic E-state index is 12.7. The molecule has 10 nitrogen and oxygen atoms in total. The molecule has 4 N–H and O–H groups in total.